The first-order valence-corrected chi connectivity index (χ1v) is 13.7. The van der Waals surface area contributed by atoms with Gasteiger partial charge in [0.15, 0.2) is 0 Å². The van der Waals surface area contributed by atoms with Crippen LogP contribution >= 0.6 is 0 Å². The highest BCUT2D eigenvalue weighted by Crippen LogP contribution is 2.38. The Kier molecular flexibility index (Phi) is 4.77. The largest absolute Gasteiger partial charge is 0.341 e. The molecule has 8 rings (SSSR count). The number of nitrogens with zero attached hydrogens (tertiary/aromatic N) is 5. The van der Waals surface area contributed by atoms with Gasteiger partial charge in [-0.2, -0.15) is 0 Å². The van der Waals surface area contributed by atoms with Crippen LogP contribution in [0.2, 0.25) is 0 Å². The normalized spacial score (nSPS) is 12.4. The van der Waals surface area contributed by atoms with E-state index < -0.39 is 0 Å². The van der Waals surface area contributed by atoms with E-state index in [4.69, 9.17) is 24.9 Å². The quantitative estimate of drug-likeness (QED) is 0.229. The van der Waals surface area contributed by atoms with Crippen molar-refractivity contribution >= 4 is 65.5 Å². The van der Waals surface area contributed by atoms with Gasteiger partial charge in [0.25, 0.3) is 0 Å². The number of nitrogens with one attached hydrogen (secondary N) is 2. The van der Waals surface area contributed by atoms with Crippen LogP contribution in [0.3, 0.4) is 0 Å². The van der Waals surface area contributed by atoms with E-state index in [0.29, 0.717) is 5.92 Å². The molecule has 0 amide bonds. The molecule has 0 unspecified atom stereocenters. The number of hydrogen-bond acceptors (Lipinski definition) is 5. The topological polar surface area (TPSA) is 96.0 Å². The minimum absolute atomic E-state index is 0.285. The number of benzene rings is 4. The highest BCUT2D eigenvalue weighted by Gasteiger charge is 2.18. The van der Waals surface area contributed by atoms with E-state index in [9.17, 15) is 0 Å². The fourth-order valence-electron chi connectivity index (χ4n) is 5.88. The van der Waals surface area contributed by atoms with Crippen LogP contribution in [0.15, 0.2) is 67.1 Å². The third kappa shape index (κ3) is 3.21. The average molecular weight is 522 g/mol. The molecule has 0 saturated carbocycles. The molecule has 40 heavy (non-hydrogen) atoms. The number of hydrogen-bond donors (Lipinski definition) is 2. The molecule has 0 spiro atoms. The third-order valence-corrected chi connectivity index (χ3v) is 7.94. The van der Waals surface area contributed by atoms with Gasteiger partial charge in [0, 0.05) is 57.4 Å². The maximum atomic E-state index is 4.96. The van der Waals surface area contributed by atoms with Crippen LogP contribution in [0.5, 0.6) is 0 Å². The van der Waals surface area contributed by atoms with Gasteiger partial charge in [0.2, 0.25) is 0 Å². The van der Waals surface area contributed by atoms with Crippen molar-refractivity contribution in [2.45, 2.75) is 39.5 Å². The van der Waals surface area contributed by atoms with Gasteiger partial charge in [-0.3, -0.25) is 15.0 Å². The first kappa shape index (κ1) is 23.0. The molecule has 8 aromatic rings. The Morgan fingerprint density at radius 1 is 0.500 bits per heavy atom. The number of H-pyrrole nitrogens is 2. The molecule has 0 saturated heterocycles. The summed E-state index contributed by atoms with van der Waals surface area (Å²) in [5.41, 5.74) is 8.80. The van der Waals surface area contributed by atoms with Crippen molar-refractivity contribution in [2.24, 2.45) is 0 Å². The summed E-state index contributed by atoms with van der Waals surface area (Å²) in [6, 6.07) is 17.3. The lowest BCUT2D eigenvalue weighted by Crippen LogP contribution is -1.89. The summed E-state index contributed by atoms with van der Waals surface area (Å²) in [6.45, 7) is 8.61. The fraction of sp³-hybridized carbons (Fsp3) is 0.182. The van der Waals surface area contributed by atoms with Crippen molar-refractivity contribution in [1.82, 2.24) is 34.9 Å². The fourth-order valence-corrected chi connectivity index (χ4v) is 5.88. The Balaban J connectivity index is 1.41. The number of pyridine rings is 1. The molecule has 0 bridgehead atoms. The molecular formula is C33H27N7. The molecule has 4 heterocycles. The Bertz CT molecular complexity index is 2130. The second-order valence-corrected chi connectivity index (χ2v) is 11.2. The van der Waals surface area contributed by atoms with Crippen LogP contribution in [0, 0.1) is 0 Å². The molecule has 7 heteroatoms. The van der Waals surface area contributed by atoms with E-state index in [1.807, 2.05) is 12.3 Å². The minimum atomic E-state index is 0.285. The van der Waals surface area contributed by atoms with E-state index in [1.165, 1.54) is 0 Å². The Morgan fingerprint density at radius 2 is 1.05 bits per heavy atom. The Hall–Kier alpha value is -4.91. The molecule has 0 aliphatic carbocycles. The number of aromatic nitrogens is 7. The van der Waals surface area contributed by atoms with Gasteiger partial charge < -0.3 is 9.97 Å². The van der Waals surface area contributed by atoms with E-state index in [1.54, 1.807) is 12.4 Å². The first-order chi connectivity index (χ1) is 19.5. The number of imidazole rings is 2. The van der Waals surface area contributed by atoms with Crippen LogP contribution in [-0.2, 0) is 0 Å². The highest BCUT2D eigenvalue weighted by atomic mass is 14.9. The van der Waals surface area contributed by atoms with Crippen LogP contribution in [0.1, 0.15) is 51.2 Å². The van der Waals surface area contributed by atoms with Crippen LogP contribution in [0.25, 0.3) is 76.7 Å². The van der Waals surface area contributed by atoms with Gasteiger partial charge in [-0.15, -0.1) is 0 Å². The predicted octanol–water partition coefficient (Wildman–Crippen LogP) is 8.15. The SMILES string of the molecule is CC(C)c1nc2c3cccnc3c3cc(-c4ccc5c(c4)c4nccnc4c4nc(C(C)C)[nH]c54)ccc3c2[nH]1. The van der Waals surface area contributed by atoms with E-state index in [0.717, 1.165) is 88.3 Å². The number of aromatic amines is 2. The summed E-state index contributed by atoms with van der Waals surface area (Å²) in [5.74, 6) is 2.54. The van der Waals surface area contributed by atoms with E-state index in [-0.39, 0.29) is 5.92 Å². The third-order valence-electron chi connectivity index (χ3n) is 7.94. The van der Waals surface area contributed by atoms with Crippen molar-refractivity contribution < 1.29 is 0 Å². The minimum Gasteiger partial charge on any atom is -0.341 e. The van der Waals surface area contributed by atoms with Crippen LogP contribution in [0.4, 0.5) is 0 Å². The second-order valence-electron chi connectivity index (χ2n) is 11.2. The van der Waals surface area contributed by atoms with Crippen molar-refractivity contribution in [3.8, 4) is 11.1 Å². The summed E-state index contributed by atoms with van der Waals surface area (Å²) < 4.78 is 0. The molecule has 194 valence electrons. The van der Waals surface area contributed by atoms with Gasteiger partial charge in [0.05, 0.1) is 27.6 Å². The molecule has 4 aromatic carbocycles. The zero-order valence-corrected chi connectivity index (χ0v) is 22.7. The summed E-state index contributed by atoms with van der Waals surface area (Å²) in [6.07, 6.45) is 5.35. The monoisotopic (exact) mass is 521 g/mol. The van der Waals surface area contributed by atoms with Gasteiger partial charge in [-0.25, -0.2) is 9.97 Å². The molecule has 0 fully saturated rings. The molecule has 4 aromatic heterocycles. The molecular weight excluding hydrogens is 494 g/mol. The van der Waals surface area contributed by atoms with Crippen molar-refractivity contribution in [1.29, 1.82) is 0 Å². The van der Waals surface area contributed by atoms with Crippen molar-refractivity contribution in [2.75, 3.05) is 0 Å². The zero-order valence-electron chi connectivity index (χ0n) is 22.7. The summed E-state index contributed by atoms with van der Waals surface area (Å²) >= 11 is 0. The summed E-state index contributed by atoms with van der Waals surface area (Å²) in [4.78, 5) is 31.3. The van der Waals surface area contributed by atoms with E-state index in [2.05, 4.69) is 80.1 Å². The lowest BCUT2D eigenvalue weighted by Gasteiger charge is -2.10. The van der Waals surface area contributed by atoms with Gasteiger partial charge in [0.1, 0.15) is 22.7 Å². The van der Waals surface area contributed by atoms with Crippen molar-refractivity contribution in [3.05, 3.63) is 78.8 Å². The summed E-state index contributed by atoms with van der Waals surface area (Å²) in [5, 5.41) is 5.45. The second kappa shape index (κ2) is 8.29. The smallest absolute Gasteiger partial charge is 0.117 e. The maximum absolute atomic E-state index is 4.96. The molecule has 7 nitrogen and oxygen atoms in total. The first-order valence-electron chi connectivity index (χ1n) is 13.7. The Labute approximate surface area is 229 Å². The summed E-state index contributed by atoms with van der Waals surface area (Å²) in [7, 11) is 0. The standard InChI is InChI=1S/C33H27N7/c1-16(2)32-37-27-20-9-7-18(14-23(20)25-22(29(27)39-32)6-5-11-34-25)19-8-10-21-24(15-19)26-30(36-13-12-35-26)31-28(21)38-33(40-31)17(3)4/h5-17H,1-4H3,(H,37,39)(H,38,40). The average Bonchev–Trinajstić information content (AvgIpc) is 3.64. The maximum Gasteiger partial charge on any atom is 0.117 e. The predicted molar refractivity (Wildman–Crippen MR) is 163 cm³/mol. The van der Waals surface area contributed by atoms with Gasteiger partial charge >= 0.3 is 0 Å². The lowest BCUT2D eigenvalue weighted by atomic mass is 9.96. The molecule has 0 aliphatic heterocycles. The molecule has 0 radical (unpaired) electrons. The van der Waals surface area contributed by atoms with Gasteiger partial charge in [-0.1, -0.05) is 52.0 Å². The van der Waals surface area contributed by atoms with Gasteiger partial charge in [-0.05, 0) is 35.4 Å². The zero-order chi connectivity index (χ0) is 27.1. The van der Waals surface area contributed by atoms with Crippen molar-refractivity contribution in [3.63, 3.8) is 0 Å². The number of rotatable bonds is 3. The van der Waals surface area contributed by atoms with Crippen LogP contribution < -0.4 is 0 Å². The number of fused-ring (bicyclic) bond motifs is 12. The Morgan fingerprint density at radius 3 is 1.70 bits per heavy atom. The van der Waals surface area contributed by atoms with E-state index >= 15 is 0 Å². The molecule has 2 N–H and O–H groups in total. The highest BCUT2D eigenvalue weighted by molar-refractivity contribution is 6.23. The molecule has 0 aliphatic rings. The lowest BCUT2D eigenvalue weighted by molar-refractivity contribution is 0.799. The molecule has 0 atom stereocenters. The van der Waals surface area contributed by atoms with Crippen LogP contribution in [-0.4, -0.2) is 34.9 Å².